The minimum Gasteiger partial charge on any atom is -0.870 e. The van der Waals surface area contributed by atoms with E-state index in [4.69, 9.17) is 43.7 Å². The number of carbonyl (C=O) groups is 1. The van der Waals surface area contributed by atoms with E-state index in [9.17, 15) is 54.4 Å². The van der Waals surface area contributed by atoms with E-state index in [1.807, 2.05) is 0 Å². The van der Waals surface area contributed by atoms with Gasteiger partial charge in [0, 0.05) is 42.1 Å². The molecule has 8 atom stereocenters. The predicted octanol–water partition coefficient (Wildman–Crippen LogP) is -9.85. The maximum atomic E-state index is 10.4. The Morgan fingerprint density at radius 1 is 0.907 bits per heavy atom. The van der Waals surface area contributed by atoms with Crippen molar-refractivity contribution in [3.8, 4) is 0 Å². The van der Waals surface area contributed by atoms with Crippen LogP contribution < -0.4 is 98.5 Å². The molecular weight excluding hydrogens is 838 g/mol. The van der Waals surface area contributed by atoms with Crippen molar-refractivity contribution in [1.82, 2.24) is 0 Å². The number of rotatable bonds is 14. The number of Topliss-reactive ketones (excluding diaryl/α,β-unsaturated/α-hetero) is 1. The third kappa shape index (κ3) is 33.1. The molecule has 0 radical (unpaired) electrons. The molecule has 2 aliphatic rings. The number of aliphatic hydroxyl groups excluding tert-OH is 6. The molecule has 1 fully saturated rings. The van der Waals surface area contributed by atoms with Crippen LogP contribution in [0, 0.1) is 5.92 Å². The smallest absolute Gasteiger partial charge is 0.870 e. The second kappa shape index (κ2) is 41.0. The van der Waals surface area contributed by atoms with Gasteiger partial charge in [-0.1, -0.05) is 0 Å². The van der Waals surface area contributed by atoms with Gasteiger partial charge in [0.25, 0.3) is 0 Å². The molecule has 0 spiro atoms. The van der Waals surface area contributed by atoms with Crippen molar-refractivity contribution < 1.29 is 216 Å². The molecule has 2 heterocycles. The molecular formula is C23H54Na3O25P3+2. The average Bonchev–Trinajstić information content (AvgIpc) is 3.07. The number of phosphoric acid groups is 1. The third-order valence-electron chi connectivity index (χ3n) is 5.48. The Morgan fingerprint density at radius 2 is 1.39 bits per heavy atom. The molecule has 2 rings (SSSR count). The molecule has 25 nitrogen and oxygen atoms in total. The van der Waals surface area contributed by atoms with Gasteiger partial charge in [0.15, 0.2) is 17.6 Å². The molecule has 0 saturated carbocycles. The van der Waals surface area contributed by atoms with E-state index >= 15 is 0 Å². The Balaban J connectivity index is -0.0000000709. The zero-order valence-corrected chi connectivity index (χ0v) is 39.8. The van der Waals surface area contributed by atoms with Crippen LogP contribution in [-0.4, -0.2) is 156 Å². The molecule has 10 N–H and O–H groups in total. The van der Waals surface area contributed by atoms with Gasteiger partial charge >= 0.3 is 105 Å². The fourth-order valence-corrected chi connectivity index (χ4v) is 3.47. The van der Waals surface area contributed by atoms with Crippen molar-refractivity contribution in [3.05, 3.63) is 22.9 Å². The van der Waals surface area contributed by atoms with Crippen molar-refractivity contribution in [3.63, 3.8) is 0 Å². The maximum Gasteiger partial charge on any atom is 1.00 e. The molecule has 0 aromatic heterocycles. The van der Waals surface area contributed by atoms with E-state index in [0.29, 0.717) is 0 Å². The predicted molar refractivity (Wildman–Crippen MR) is 170 cm³/mol. The summed E-state index contributed by atoms with van der Waals surface area (Å²) in [5, 5.41) is 74.4. The van der Waals surface area contributed by atoms with Gasteiger partial charge in [-0.3, -0.25) is 0 Å². The van der Waals surface area contributed by atoms with Gasteiger partial charge in [-0.05, 0) is 13.8 Å². The van der Waals surface area contributed by atoms with Crippen molar-refractivity contribution in [1.29, 1.82) is 0 Å². The van der Waals surface area contributed by atoms with E-state index in [0.717, 1.165) is 14.2 Å². The number of ketones is 1. The zero-order valence-electron chi connectivity index (χ0n) is 31.1. The molecule has 0 aromatic carbocycles. The molecule has 312 valence electrons. The monoisotopic (exact) mass is 892 g/mol. The second-order valence-corrected chi connectivity index (χ2v) is 12.1. The first-order valence-corrected chi connectivity index (χ1v) is 17.1. The number of carbonyl (C=O) groups excluding carboxylic acids is 1. The van der Waals surface area contributed by atoms with Gasteiger partial charge in [-0.15, -0.1) is 9.42 Å². The van der Waals surface area contributed by atoms with Crippen molar-refractivity contribution in [2.24, 2.45) is 5.92 Å². The minimum atomic E-state index is -4.65. The summed E-state index contributed by atoms with van der Waals surface area (Å²) in [6, 6.07) is 0. The number of ether oxygens (including phenoxy) is 5. The van der Waals surface area contributed by atoms with Crippen LogP contribution in [0.5, 0.6) is 0 Å². The first-order chi connectivity index (χ1) is 23.3. The van der Waals surface area contributed by atoms with Gasteiger partial charge in [-0.2, -0.15) is 0 Å². The van der Waals surface area contributed by atoms with Crippen molar-refractivity contribution in [2.75, 3.05) is 68.1 Å². The number of hydrogen-bond acceptors (Lipinski definition) is 24. The number of phosphoric ester groups is 1. The van der Waals surface area contributed by atoms with Crippen LogP contribution in [0.3, 0.4) is 0 Å². The molecule has 0 bridgehead atoms. The standard InChI is InChI=1S/C18H30O11.C3H6O.CH5O4P.CH3O4P.3Na.HO4P.H2O.4H2/c1-25-5-9-11(3-19)29-14(18(24)15(9)21)8-27-6-10-12(4-20)28-13(7-26-2)17(23)16(10)22;1-3(2)4;1-5-6(2,3)4;1-4-6(3)5-2;;;;1-4-5(2)3;;;;;/h10,12-14,16-17,19-24H,3-8H2,1-2H3;1-2H3;1H3,(H2,2,3,4);1H3;;;;(H-,1,2,3);1H2;4*1H/q;;;;3*+1;;;;;;/p-1. The third-order valence-corrected chi connectivity index (χ3v) is 6.50. The first-order valence-electron chi connectivity index (χ1n) is 13.4. The van der Waals surface area contributed by atoms with E-state index in [-0.39, 0.29) is 143 Å². The summed E-state index contributed by atoms with van der Waals surface area (Å²) in [6.07, 6.45) is -5.12. The van der Waals surface area contributed by atoms with Crippen LogP contribution in [0.25, 0.3) is 0 Å². The largest absolute Gasteiger partial charge is 1.00 e. The topological polar surface area (TPSA) is 410 Å². The van der Waals surface area contributed by atoms with E-state index < -0.39 is 85.5 Å². The van der Waals surface area contributed by atoms with Gasteiger partial charge < -0.3 is 83.5 Å². The Hall–Kier alpha value is 1.26. The molecule has 0 amide bonds. The summed E-state index contributed by atoms with van der Waals surface area (Å²) in [5.41, 5.74) is 0.132. The fraction of sp³-hybridized carbons (Fsp3) is 0.783. The normalized spacial score (nSPS) is 21.9. The first kappa shape index (κ1) is 69.9. The van der Waals surface area contributed by atoms with Gasteiger partial charge in [0.05, 0.1) is 75.1 Å². The van der Waals surface area contributed by atoms with E-state index in [1.54, 1.807) is 0 Å². The average molecular weight is 893 g/mol. The quantitative estimate of drug-likeness (QED) is 0.0338. The summed E-state index contributed by atoms with van der Waals surface area (Å²) in [7, 11) is -4.91. The molecule has 0 aromatic rings. The Labute approximate surface area is 384 Å². The summed E-state index contributed by atoms with van der Waals surface area (Å²) < 4.78 is 67.7. The van der Waals surface area contributed by atoms with Crippen LogP contribution >= 0.6 is 24.3 Å². The zero-order chi connectivity index (χ0) is 39.6. The Morgan fingerprint density at radius 3 is 1.70 bits per heavy atom. The molecule has 2 aliphatic heterocycles. The van der Waals surface area contributed by atoms with Crippen LogP contribution in [-0.2, 0) is 60.6 Å². The molecule has 54 heavy (non-hydrogen) atoms. The van der Waals surface area contributed by atoms with E-state index in [1.165, 1.54) is 28.1 Å². The van der Waals surface area contributed by atoms with Crippen molar-refractivity contribution >= 4 is 30.1 Å². The number of aliphatic hydroxyl groups is 6. The molecule has 31 heteroatoms. The SMILES string of the molecule is CC(C)=O.COCC1=C(CO)OC(COCC2C(CO)OC(COC)C(O)C2O)C(O)=C1O.COP(=O)([O-])[O-].CO[P+](=O)OO.O=[P+](O)OO.[HH].[HH].[HH].[HH].[Na+].[Na+].[Na+].[OH-]. The van der Waals surface area contributed by atoms with Gasteiger partial charge in [0.2, 0.25) is 0 Å². The number of hydrogen-bond donors (Lipinski definition) is 9. The molecule has 0 aliphatic carbocycles. The van der Waals surface area contributed by atoms with Crippen LogP contribution in [0.15, 0.2) is 22.9 Å². The van der Waals surface area contributed by atoms with E-state index in [2.05, 4.69) is 18.4 Å². The van der Waals surface area contributed by atoms with Crippen LogP contribution in [0.2, 0.25) is 0 Å². The maximum absolute atomic E-state index is 10.4. The summed E-state index contributed by atoms with van der Waals surface area (Å²) in [6.45, 7) is 1.78. The second-order valence-electron chi connectivity index (χ2n) is 9.21. The number of methoxy groups -OCH3 is 2. The van der Waals surface area contributed by atoms with Crippen LogP contribution in [0.1, 0.15) is 19.6 Å². The fourth-order valence-electron chi connectivity index (χ4n) is 3.41. The van der Waals surface area contributed by atoms with Crippen LogP contribution in [0.4, 0.5) is 0 Å². The molecule has 1 saturated heterocycles. The van der Waals surface area contributed by atoms with Gasteiger partial charge in [0.1, 0.15) is 30.4 Å². The molecule has 8 unspecified atom stereocenters. The van der Waals surface area contributed by atoms with Crippen molar-refractivity contribution in [2.45, 2.75) is 44.4 Å². The summed E-state index contributed by atoms with van der Waals surface area (Å²) in [5.74, 6) is -1.47. The Kier molecular flexibility index (Phi) is 53.1. The minimum absolute atomic E-state index is 0. The van der Waals surface area contributed by atoms with Gasteiger partial charge in [-0.25, -0.2) is 10.5 Å². The summed E-state index contributed by atoms with van der Waals surface area (Å²) in [4.78, 5) is 35.3. The Bertz CT molecular complexity index is 1110. The summed E-state index contributed by atoms with van der Waals surface area (Å²) >= 11 is 0.